The molecular formula is C11H24N2. The second kappa shape index (κ2) is 5.61. The molecule has 2 heteroatoms. The highest BCUT2D eigenvalue weighted by molar-refractivity contribution is 4.77. The third kappa shape index (κ3) is 3.28. The van der Waals surface area contributed by atoms with Gasteiger partial charge in [0.15, 0.2) is 0 Å². The Morgan fingerprint density at radius 2 is 2.15 bits per heavy atom. The van der Waals surface area contributed by atoms with Crippen LogP contribution in [0.25, 0.3) is 0 Å². The topological polar surface area (TPSA) is 15.3 Å². The zero-order valence-corrected chi connectivity index (χ0v) is 9.34. The van der Waals surface area contributed by atoms with E-state index >= 15 is 0 Å². The van der Waals surface area contributed by atoms with E-state index in [0.29, 0.717) is 6.04 Å². The van der Waals surface area contributed by atoms with Gasteiger partial charge in [0, 0.05) is 18.6 Å². The maximum absolute atomic E-state index is 3.26. The van der Waals surface area contributed by atoms with E-state index in [9.17, 15) is 0 Å². The van der Waals surface area contributed by atoms with E-state index in [4.69, 9.17) is 0 Å². The van der Waals surface area contributed by atoms with Gasteiger partial charge in [-0.1, -0.05) is 12.8 Å². The lowest BCUT2D eigenvalue weighted by Crippen LogP contribution is -2.44. The number of likely N-dealkylation sites (tertiary alicyclic amines) is 1. The predicted octanol–water partition coefficient (Wildman–Crippen LogP) is 1.86. The molecule has 13 heavy (non-hydrogen) atoms. The molecule has 0 aliphatic carbocycles. The van der Waals surface area contributed by atoms with Crippen molar-refractivity contribution >= 4 is 0 Å². The lowest BCUT2D eigenvalue weighted by atomic mass is 10.1. The Morgan fingerprint density at radius 3 is 2.85 bits per heavy atom. The number of likely N-dealkylation sites (N-methyl/N-ethyl adjacent to an activating group) is 1. The lowest BCUT2D eigenvalue weighted by molar-refractivity contribution is 0.156. The molecule has 0 saturated carbocycles. The molecule has 0 aromatic heterocycles. The van der Waals surface area contributed by atoms with Gasteiger partial charge in [0.1, 0.15) is 0 Å². The minimum atomic E-state index is 0.693. The Hall–Kier alpha value is -0.0800. The summed E-state index contributed by atoms with van der Waals surface area (Å²) in [4.78, 5) is 2.66. The van der Waals surface area contributed by atoms with Gasteiger partial charge >= 0.3 is 0 Å². The van der Waals surface area contributed by atoms with Gasteiger partial charge in [-0.25, -0.2) is 0 Å². The van der Waals surface area contributed by atoms with Crippen LogP contribution in [0.15, 0.2) is 0 Å². The van der Waals surface area contributed by atoms with Crippen LogP contribution in [0.4, 0.5) is 0 Å². The van der Waals surface area contributed by atoms with Gasteiger partial charge in [-0.2, -0.15) is 0 Å². The summed E-state index contributed by atoms with van der Waals surface area (Å²) < 4.78 is 0. The van der Waals surface area contributed by atoms with Crippen LogP contribution >= 0.6 is 0 Å². The first-order valence-electron chi connectivity index (χ1n) is 5.66. The first-order valence-corrected chi connectivity index (χ1v) is 5.66. The van der Waals surface area contributed by atoms with Gasteiger partial charge in [0.2, 0.25) is 0 Å². The Kier molecular flexibility index (Phi) is 4.74. The molecule has 0 aromatic carbocycles. The van der Waals surface area contributed by atoms with Gasteiger partial charge in [0.25, 0.3) is 0 Å². The van der Waals surface area contributed by atoms with Crippen molar-refractivity contribution in [3.63, 3.8) is 0 Å². The molecule has 1 aliphatic heterocycles. The van der Waals surface area contributed by atoms with Gasteiger partial charge < -0.3 is 5.32 Å². The molecule has 0 amide bonds. The second-order valence-corrected chi connectivity index (χ2v) is 4.34. The normalized spacial score (nSPS) is 28.4. The lowest BCUT2D eigenvalue weighted by Gasteiger charge is -2.33. The molecule has 0 bridgehead atoms. The molecule has 78 valence electrons. The molecule has 2 unspecified atom stereocenters. The summed E-state index contributed by atoms with van der Waals surface area (Å²) in [5, 5.41) is 3.26. The number of nitrogens with one attached hydrogen (secondary N) is 1. The summed E-state index contributed by atoms with van der Waals surface area (Å²) in [5.74, 6) is 0. The molecule has 2 nitrogen and oxygen atoms in total. The van der Waals surface area contributed by atoms with Crippen molar-refractivity contribution in [2.45, 2.75) is 51.6 Å². The fourth-order valence-electron chi connectivity index (χ4n) is 2.36. The molecule has 1 fully saturated rings. The van der Waals surface area contributed by atoms with Crippen LogP contribution in [0.3, 0.4) is 0 Å². The van der Waals surface area contributed by atoms with Crippen molar-refractivity contribution < 1.29 is 0 Å². The summed E-state index contributed by atoms with van der Waals surface area (Å²) in [6, 6.07) is 1.48. The van der Waals surface area contributed by atoms with Crippen molar-refractivity contribution in [2.24, 2.45) is 0 Å². The highest BCUT2D eigenvalue weighted by Crippen LogP contribution is 2.18. The largest absolute Gasteiger partial charge is 0.318 e. The first-order chi connectivity index (χ1) is 6.25. The summed E-state index contributed by atoms with van der Waals surface area (Å²) in [7, 11) is 2.04. The number of nitrogens with zero attached hydrogens (tertiary/aromatic N) is 1. The summed E-state index contributed by atoms with van der Waals surface area (Å²) >= 11 is 0. The van der Waals surface area contributed by atoms with Crippen LogP contribution < -0.4 is 5.32 Å². The van der Waals surface area contributed by atoms with E-state index in [-0.39, 0.29) is 0 Å². The molecule has 1 saturated heterocycles. The molecule has 0 spiro atoms. The van der Waals surface area contributed by atoms with E-state index in [0.717, 1.165) is 12.6 Å². The Labute approximate surface area is 82.7 Å². The fraction of sp³-hybridized carbons (Fsp3) is 1.00. The standard InChI is InChI=1S/C11H24N2/c1-10-7-5-4-6-8-13(10)11(2)9-12-3/h10-12H,4-9H2,1-3H3. The van der Waals surface area contributed by atoms with E-state index in [1.165, 1.54) is 32.2 Å². The zero-order valence-electron chi connectivity index (χ0n) is 9.34. The molecule has 1 N–H and O–H groups in total. The quantitative estimate of drug-likeness (QED) is 0.720. The average Bonchev–Trinajstić information content (AvgIpc) is 2.30. The third-order valence-corrected chi connectivity index (χ3v) is 3.17. The minimum absolute atomic E-state index is 0.693. The maximum Gasteiger partial charge on any atom is 0.0195 e. The fourth-order valence-corrected chi connectivity index (χ4v) is 2.36. The smallest absolute Gasteiger partial charge is 0.0195 e. The van der Waals surface area contributed by atoms with Crippen LogP contribution in [-0.2, 0) is 0 Å². The maximum atomic E-state index is 3.26. The second-order valence-electron chi connectivity index (χ2n) is 4.34. The van der Waals surface area contributed by atoms with Crippen molar-refractivity contribution in [1.82, 2.24) is 10.2 Å². The summed E-state index contributed by atoms with van der Waals surface area (Å²) in [6.07, 6.45) is 5.61. The van der Waals surface area contributed by atoms with Crippen molar-refractivity contribution in [1.29, 1.82) is 0 Å². The SMILES string of the molecule is CNCC(C)N1CCCCCC1C. The minimum Gasteiger partial charge on any atom is -0.318 e. The summed E-state index contributed by atoms with van der Waals surface area (Å²) in [6.45, 7) is 7.12. The van der Waals surface area contributed by atoms with E-state index in [1.807, 2.05) is 7.05 Å². The monoisotopic (exact) mass is 184 g/mol. The Balaban J connectivity index is 2.43. The predicted molar refractivity (Wildman–Crippen MR) is 58.0 cm³/mol. The van der Waals surface area contributed by atoms with Gasteiger partial charge in [-0.05, 0) is 40.3 Å². The molecule has 2 atom stereocenters. The van der Waals surface area contributed by atoms with Crippen LogP contribution in [0.2, 0.25) is 0 Å². The molecule has 1 rings (SSSR count). The van der Waals surface area contributed by atoms with E-state index < -0.39 is 0 Å². The molecule has 0 aromatic rings. The van der Waals surface area contributed by atoms with Crippen molar-refractivity contribution in [2.75, 3.05) is 20.1 Å². The van der Waals surface area contributed by atoms with Gasteiger partial charge in [0.05, 0.1) is 0 Å². The van der Waals surface area contributed by atoms with Crippen molar-refractivity contribution in [3.05, 3.63) is 0 Å². The zero-order chi connectivity index (χ0) is 9.68. The summed E-state index contributed by atoms with van der Waals surface area (Å²) in [5.41, 5.74) is 0. The van der Waals surface area contributed by atoms with E-state index in [1.54, 1.807) is 0 Å². The molecule has 1 aliphatic rings. The van der Waals surface area contributed by atoms with Crippen LogP contribution in [0.5, 0.6) is 0 Å². The highest BCUT2D eigenvalue weighted by Gasteiger charge is 2.20. The molecular weight excluding hydrogens is 160 g/mol. The number of hydrogen-bond donors (Lipinski definition) is 1. The Bertz CT molecular complexity index is 136. The number of rotatable bonds is 3. The first kappa shape index (κ1) is 11.0. The van der Waals surface area contributed by atoms with Crippen LogP contribution in [0, 0.1) is 0 Å². The molecule has 0 radical (unpaired) electrons. The van der Waals surface area contributed by atoms with E-state index in [2.05, 4.69) is 24.1 Å². The number of hydrogen-bond acceptors (Lipinski definition) is 2. The Morgan fingerprint density at radius 1 is 1.38 bits per heavy atom. The van der Waals surface area contributed by atoms with Crippen LogP contribution in [-0.4, -0.2) is 37.1 Å². The molecule has 1 heterocycles. The van der Waals surface area contributed by atoms with Gasteiger partial charge in [-0.15, -0.1) is 0 Å². The van der Waals surface area contributed by atoms with Crippen LogP contribution in [0.1, 0.15) is 39.5 Å². The van der Waals surface area contributed by atoms with Crippen molar-refractivity contribution in [3.8, 4) is 0 Å². The van der Waals surface area contributed by atoms with Gasteiger partial charge in [-0.3, -0.25) is 4.90 Å². The third-order valence-electron chi connectivity index (χ3n) is 3.17. The highest BCUT2D eigenvalue weighted by atomic mass is 15.2. The average molecular weight is 184 g/mol.